The Morgan fingerprint density at radius 3 is 1.91 bits per heavy atom. The first-order valence-corrected chi connectivity index (χ1v) is 15.5. The second-order valence-corrected chi connectivity index (χ2v) is 10.9. The Morgan fingerprint density at radius 1 is 0.909 bits per heavy atom. The molecular formula is C24H49BrNO6P. The number of halogens is 1. The molecule has 0 rings (SSSR count). The van der Waals surface area contributed by atoms with Gasteiger partial charge in [-0.2, -0.15) is 0 Å². The third-order valence-corrected chi connectivity index (χ3v) is 6.70. The molecule has 0 radical (unpaired) electrons. The standard InChI is InChI=1S/C24H49BrNO6P/c1-3-4-5-6-7-8-9-10-11-12-13-14-15-16-18-30-22-24(21-26-20-23(2)27)32-33(28,29)31-19-17-25/h24,26H,3-22H2,1-2H3,(H,28,29). The minimum atomic E-state index is -4.16. The fourth-order valence-corrected chi connectivity index (χ4v) is 4.83. The van der Waals surface area contributed by atoms with Crippen LogP contribution in [0.4, 0.5) is 0 Å². The van der Waals surface area contributed by atoms with Gasteiger partial charge in [-0.05, 0) is 13.3 Å². The van der Waals surface area contributed by atoms with Crippen molar-refractivity contribution in [2.45, 2.75) is 110 Å². The second-order valence-electron chi connectivity index (χ2n) is 8.72. The van der Waals surface area contributed by atoms with Gasteiger partial charge in [-0.3, -0.25) is 13.8 Å². The molecule has 0 aliphatic carbocycles. The van der Waals surface area contributed by atoms with Crippen molar-refractivity contribution in [1.29, 1.82) is 0 Å². The van der Waals surface area contributed by atoms with Crippen molar-refractivity contribution in [1.82, 2.24) is 5.32 Å². The molecule has 0 saturated heterocycles. The van der Waals surface area contributed by atoms with Crippen LogP contribution in [-0.2, 0) is 23.1 Å². The van der Waals surface area contributed by atoms with Crippen molar-refractivity contribution in [3.05, 3.63) is 0 Å². The predicted molar refractivity (Wildman–Crippen MR) is 139 cm³/mol. The molecule has 0 aromatic rings. The van der Waals surface area contributed by atoms with Crippen molar-refractivity contribution in [2.75, 3.05) is 38.2 Å². The normalized spacial score (nSPS) is 14.3. The average molecular weight is 559 g/mol. The molecule has 0 aliphatic heterocycles. The van der Waals surface area contributed by atoms with Crippen LogP contribution >= 0.6 is 23.8 Å². The van der Waals surface area contributed by atoms with Crippen LogP contribution in [0.15, 0.2) is 0 Å². The van der Waals surface area contributed by atoms with E-state index < -0.39 is 13.9 Å². The molecule has 0 saturated carbocycles. The average Bonchev–Trinajstić information content (AvgIpc) is 2.76. The molecule has 0 spiro atoms. The Labute approximate surface area is 210 Å². The van der Waals surface area contributed by atoms with Crippen LogP contribution in [0, 0.1) is 0 Å². The van der Waals surface area contributed by atoms with Gasteiger partial charge >= 0.3 is 7.82 Å². The van der Waals surface area contributed by atoms with Crippen molar-refractivity contribution in [3.63, 3.8) is 0 Å². The SMILES string of the molecule is CCCCCCCCCCCCCCCCOCC(CNCC(C)=O)OP(=O)(O)OCCBr. The highest BCUT2D eigenvalue weighted by Crippen LogP contribution is 2.44. The van der Waals surface area contributed by atoms with Crippen molar-refractivity contribution in [2.24, 2.45) is 0 Å². The molecule has 7 nitrogen and oxygen atoms in total. The Kier molecular flexibility index (Phi) is 24.0. The lowest BCUT2D eigenvalue weighted by Crippen LogP contribution is -2.35. The highest BCUT2D eigenvalue weighted by atomic mass is 79.9. The number of phosphoric ester groups is 1. The van der Waals surface area contributed by atoms with E-state index in [1.165, 1.54) is 84.0 Å². The lowest BCUT2D eigenvalue weighted by Gasteiger charge is -2.21. The van der Waals surface area contributed by atoms with E-state index in [-0.39, 0.29) is 32.1 Å². The minimum Gasteiger partial charge on any atom is -0.379 e. The third-order valence-electron chi connectivity index (χ3n) is 5.31. The summed E-state index contributed by atoms with van der Waals surface area (Å²) in [6.07, 6.45) is 17.6. The number of Topliss-reactive ketones (excluding diaryl/α,β-unsaturated/α-hetero) is 1. The molecule has 2 unspecified atom stereocenters. The monoisotopic (exact) mass is 557 g/mol. The number of ether oxygens (including phenoxy) is 1. The summed E-state index contributed by atoms with van der Waals surface area (Å²) in [5, 5.41) is 3.35. The van der Waals surface area contributed by atoms with Crippen LogP contribution in [0.25, 0.3) is 0 Å². The molecule has 0 amide bonds. The fraction of sp³-hybridized carbons (Fsp3) is 0.958. The lowest BCUT2D eigenvalue weighted by atomic mass is 10.0. The number of alkyl halides is 1. The smallest absolute Gasteiger partial charge is 0.379 e. The first-order chi connectivity index (χ1) is 15.9. The molecule has 0 fully saturated rings. The topological polar surface area (TPSA) is 94.1 Å². The number of hydrogen-bond donors (Lipinski definition) is 2. The van der Waals surface area contributed by atoms with E-state index in [0.717, 1.165) is 12.8 Å². The van der Waals surface area contributed by atoms with E-state index >= 15 is 0 Å². The number of ketones is 1. The number of phosphoric acid groups is 1. The van der Waals surface area contributed by atoms with Gasteiger partial charge in [0, 0.05) is 18.5 Å². The first-order valence-electron chi connectivity index (χ1n) is 12.9. The maximum absolute atomic E-state index is 12.0. The maximum Gasteiger partial charge on any atom is 0.472 e. The predicted octanol–water partition coefficient (Wildman–Crippen LogP) is 6.56. The van der Waals surface area contributed by atoms with Gasteiger partial charge in [-0.25, -0.2) is 4.57 Å². The fourth-order valence-electron chi connectivity index (χ4n) is 3.52. The number of carbonyl (C=O) groups is 1. The summed E-state index contributed by atoms with van der Waals surface area (Å²) in [4.78, 5) is 20.9. The summed E-state index contributed by atoms with van der Waals surface area (Å²) in [6, 6.07) is 0. The van der Waals surface area contributed by atoms with E-state index in [9.17, 15) is 14.3 Å². The number of hydrogen-bond acceptors (Lipinski definition) is 6. The highest BCUT2D eigenvalue weighted by Gasteiger charge is 2.26. The van der Waals surface area contributed by atoms with E-state index in [1.54, 1.807) is 0 Å². The summed E-state index contributed by atoms with van der Waals surface area (Å²) in [5.41, 5.74) is 0. The lowest BCUT2D eigenvalue weighted by molar-refractivity contribution is -0.116. The molecule has 2 N–H and O–H groups in total. The van der Waals surface area contributed by atoms with Crippen LogP contribution in [0.2, 0.25) is 0 Å². The Balaban J connectivity index is 3.75. The van der Waals surface area contributed by atoms with Gasteiger partial charge in [0.15, 0.2) is 0 Å². The van der Waals surface area contributed by atoms with Gasteiger partial charge in [0.25, 0.3) is 0 Å². The molecule has 0 heterocycles. The maximum atomic E-state index is 12.0. The second kappa shape index (κ2) is 23.9. The molecule has 198 valence electrons. The zero-order valence-corrected chi connectivity index (χ0v) is 23.5. The summed E-state index contributed by atoms with van der Waals surface area (Å²) >= 11 is 3.14. The Bertz CT molecular complexity index is 498. The van der Waals surface area contributed by atoms with Crippen molar-refractivity contribution in [3.8, 4) is 0 Å². The van der Waals surface area contributed by atoms with E-state index in [4.69, 9.17) is 13.8 Å². The molecule has 9 heteroatoms. The minimum absolute atomic E-state index is 0.0141. The van der Waals surface area contributed by atoms with E-state index in [1.807, 2.05) is 0 Å². The first kappa shape index (κ1) is 33.2. The van der Waals surface area contributed by atoms with Crippen LogP contribution in [0.1, 0.15) is 104 Å². The summed E-state index contributed by atoms with van der Waals surface area (Å²) in [6.45, 7) is 4.98. The quantitative estimate of drug-likeness (QED) is 0.0706. The zero-order chi connectivity index (χ0) is 24.6. The van der Waals surface area contributed by atoms with Gasteiger partial charge in [-0.1, -0.05) is 106 Å². The number of unbranched alkanes of at least 4 members (excludes halogenated alkanes) is 13. The van der Waals surface area contributed by atoms with Crippen molar-refractivity contribution < 1.29 is 28.0 Å². The van der Waals surface area contributed by atoms with Crippen LogP contribution in [0.5, 0.6) is 0 Å². The molecule has 0 aromatic heterocycles. The molecule has 2 atom stereocenters. The van der Waals surface area contributed by atoms with Gasteiger partial charge < -0.3 is 14.9 Å². The van der Waals surface area contributed by atoms with E-state index in [2.05, 4.69) is 28.2 Å². The van der Waals surface area contributed by atoms with E-state index in [0.29, 0.717) is 11.9 Å². The largest absolute Gasteiger partial charge is 0.472 e. The summed E-state index contributed by atoms with van der Waals surface area (Å²) < 4.78 is 27.7. The van der Waals surface area contributed by atoms with Gasteiger partial charge in [0.05, 0.1) is 19.8 Å². The van der Waals surface area contributed by atoms with Crippen molar-refractivity contribution >= 4 is 29.5 Å². The molecular weight excluding hydrogens is 509 g/mol. The van der Waals surface area contributed by atoms with Gasteiger partial charge in [-0.15, -0.1) is 0 Å². The highest BCUT2D eigenvalue weighted by molar-refractivity contribution is 9.09. The summed E-state index contributed by atoms with van der Waals surface area (Å²) in [7, 11) is -4.16. The molecule has 33 heavy (non-hydrogen) atoms. The Morgan fingerprint density at radius 2 is 1.42 bits per heavy atom. The van der Waals surface area contributed by atoms with Crippen LogP contribution in [-0.4, -0.2) is 55.0 Å². The van der Waals surface area contributed by atoms with Crippen LogP contribution in [0.3, 0.4) is 0 Å². The number of nitrogens with one attached hydrogen (secondary N) is 1. The zero-order valence-electron chi connectivity index (χ0n) is 21.0. The molecule has 0 bridgehead atoms. The Hall–Kier alpha value is 0.180. The number of rotatable bonds is 26. The third kappa shape index (κ3) is 25.1. The molecule has 0 aliphatic rings. The summed E-state index contributed by atoms with van der Waals surface area (Å²) in [5.74, 6) is -0.0141. The van der Waals surface area contributed by atoms with Crippen LogP contribution < -0.4 is 5.32 Å². The molecule has 0 aromatic carbocycles. The van der Waals surface area contributed by atoms with Gasteiger partial charge in [0.2, 0.25) is 0 Å². The number of carbonyl (C=O) groups excluding carboxylic acids is 1. The van der Waals surface area contributed by atoms with Gasteiger partial charge in [0.1, 0.15) is 11.9 Å².